The Bertz CT molecular complexity index is 465. The molecule has 3 nitrogen and oxygen atoms in total. The number of rotatable bonds is 2. The molecule has 0 unspecified atom stereocenters. The van der Waals surface area contributed by atoms with Crippen LogP contribution in [0.3, 0.4) is 0 Å². The molecule has 6 heteroatoms. The van der Waals surface area contributed by atoms with Gasteiger partial charge in [-0.3, -0.25) is 4.55 Å². The van der Waals surface area contributed by atoms with Crippen LogP contribution in [-0.2, 0) is 10.1 Å². The van der Waals surface area contributed by atoms with E-state index in [0.717, 1.165) is 18.2 Å². The minimum atomic E-state index is -4.29. The molecule has 1 aromatic rings. The van der Waals surface area contributed by atoms with Crippen molar-refractivity contribution in [3.63, 3.8) is 0 Å². The second-order valence-electron chi connectivity index (χ2n) is 2.48. The summed E-state index contributed by atoms with van der Waals surface area (Å²) < 4.78 is 54.1. The van der Waals surface area contributed by atoms with Crippen LogP contribution in [0.2, 0.25) is 0 Å². The fourth-order valence-electron chi connectivity index (χ4n) is 0.796. The molecule has 0 aromatic heterocycles. The molecule has 0 amide bonds. The van der Waals surface area contributed by atoms with Crippen molar-refractivity contribution >= 4 is 16.2 Å². The van der Waals surface area contributed by atoms with E-state index in [1.807, 2.05) is 0 Å². The van der Waals surface area contributed by atoms with Gasteiger partial charge < -0.3 is 0 Å². The van der Waals surface area contributed by atoms with Crippen LogP contribution in [0.25, 0.3) is 6.08 Å². The Hall–Kier alpha value is -1.27. The minimum Gasteiger partial charge on any atom is -0.282 e. The van der Waals surface area contributed by atoms with Gasteiger partial charge in [-0.2, -0.15) is 8.42 Å². The molecule has 0 spiro atoms. The SMILES string of the molecule is O=S(=O)(O)/C=C/c1ccc(F)cc1F. The normalized spacial score (nSPS) is 12.2. The Morgan fingerprint density at radius 1 is 1.29 bits per heavy atom. The lowest BCUT2D eigenvalue weighted by Crippen LogP contribution is -1.90. The molecular weight excluding hydrogens is 214 g/mol. The fourth-order valence-corrected chi connectivity index (χ4v) is 1.11. The molecule has 0 saturated carbocycles. The van der Waals surface area contributed by atoms with Crippen LogP contribution in [0, 0.1) is 11.6 Å². The Labute approximate surface area is 79.4 Å². The molecule has 1 N–H and O–H groups in total. The maximum absolute atomic E-state index is 12.9. The third-order valence-corrected chi connectivity index (χ3v) is 1.86. The maximum atomic E-state index is 12.9. The first-order chi connectivity index (χ1) is 6.38. The van der Waals surface area contributed by atoms with Gasteiger partial charge in [0.1, 0.15) is 11.6 Å². The van der Waals surface area contributed by atoms with Crippen molar-refractivity contribution in [3.05, 3.63) is 40.8 Å². The van der Waals surface area contributed by atoms with Gasteiger partial charge in [0.15, 0.2) is 0 Å². The summed E-state index contributed by atoms with van der Waals surface area (Å²) >= 11 is 0. The van der Waals surface area contributed by atoms with Crippen molar-refractivity contribution in [3.8, 4) is 0 Å². The second kappa shape index (κ2) is 3.85. The van der Waals surface area contributed by atoms with Crippen LogP contribution in [-0.4, -0.2) is 13.0 Å². The van der Waals surface area contributed by atoms with Crippen LogP contribution in [0.4, 0.5) is 8.78 Å². The van der Waals surface area contributed by atoms with E-state index < -0.39 is 21.8 Å². The average molecular weight is 220 g/mol. The predicted octanol–water partition coefficient (Wildman–Crippen LogP) is 1.82. The van der Waals surface area contributed by atoms with E-state index >= 15 is 0 Å². The maximum Gasteiger partial charge on any atom is 0.287 e. The van der Waals surface area contributed by atoms with Gasteiger partial charge in [-0.25, -0.2) is 8.78 Å². The Kier molecular flexibility index (Phi) is 2.97. The lowest BCUT2D eigenvalue weighted by Gasteiger charge is -1.95. The Morgan fingerprint density at radius 2 is 1.93 bits per heavy atom. The fraction of sp³-hybridized carbons (Fsp3) is 0. The van der Waals surface area contributed by atoms with E-state index in [4.69, 9.17) is 4.55 Å². The predicted molar refractivity (Wildman–Crippen MR) is 46.9 cm³/mol. The van der Waals surface area contributed by atoms with Crippen molar-refractivity contribution < 1.29 is 21.8 Å². The molecule has 0 aliphatic carbocycles. The van der Waals surface area contributed by atoms with E-state index in [1.54, 1.807) is 0 Å². The second-order valence-corrected chi connectivity index (χ2v) is 3.79. The van der Waals surface area contributed by atoms with Crippen molar-refractivity contribution in [1.29, 1.82) is 0 Å². The molecule has 76 valence electrons. The molecule has 0 aliphatic rings. The average Bonchev–Trinajstić information content (AvgIpc) is 2.00. The lowest BCUT2D eigenvalue weighted by atomic mass is 10.2. The van der Waals surface area contributed by atoms with Gasteiger partial charge >= 0.3 is 0 Å². The first-order valence-electron chi connectivity index (χ1n) is 3.49. The summed E-state index contributed by atoms with van der Waals surface area (Å²) in [6.07, 6.45) is 0.837. The zero-order valence-corrected chi connectivity index (χ0v) is 7.63. The largest absolute Gasteiger partial charge is 0.287 e. The highest BCUT2D eigenvalue weighted by Gasteiger charge is 2.02. The van der Waals surface area contributed by atoms with Crippen LogP contribution in [0.1, 0.15) is 5.56 Å². The van der Waals surface area contributed by atoms with Gasteiger partial charge in [0.25, 0.3) is 10.1 Å². The minimum absolute atomic E-state index is 0.121. The highest BCUT2D eigenvalue weighted by molar-refractivity contribution is 7.88. The molecule has 14 heavy (non-hydrogen) atoms. The van der Waals surface area contributed by atoms with E-state index in [-0.39, 0.29) is 5.56 Å². The summed E-state index contributed by atoms with van der Waals surface area (Å²) in [7, 11) is -4.29. The van der Waals surface area contributed by atoms with Crippen molar-refractivity contribution in [1.82, 2.24) is 0 Å². The van der Waals surface area contributed by atoms with Crippen LogP contribution < -0.4 is 0 Å². The zero-order chi connectivity index (χ0) is 10.8. The summed E-state index contributed by atoms with van der Waals surface area (Å²) in [5.74, 6) is -1.66. The molecule has 0 radical (unpaired) electrons. The molecule has 0 bridgehead atoms. The first-order valence-corrected chi connectivity index (χ1v) is 4.99. The van der Waals surface area contributed by atoms with Crippen molar-refractivity contribution in [2.45, 2.75) is 0 Å². The molecular formula is C8H6F2O3S. The number of benzene rings is 1. The molecule has 1 aromatic carbocycles. The van der Waals surface area contributed by atoms with E-state index in [2.05, 4.69) is 0 Å². The number of hydrogen-bond acceptors (Lipinski definition) is 2. The third-order valence-electron chi connectivity index (χ3n) is 1.38. The summed E-state index contributed by atoms with van der Waals surface area (Å²) in [5, 5.41) is 0.420. The smallest absolute Gasteiger partial charge is 0.282 e. The Morgan fingerprint density at radius 3 is 2.43 bits per heavy atom. The van der Waals surface area contributed by atoms with E-state index in [1.165, 1.54) is 0 Å². The summed E-state index contributed by atoms with van der Waals surface area (Å²) in [6.45, 7) is 0. The summed E-state index contributed by atoms with van der Waals surface area (Å²) in [4.78, 5) is 0. The van der Waals surface area contributed by atoms with Gasteiger partial charge in [0.05, 0.1) is 5.41 Å². The molecule has 0 atom stereocenters. The topological polar surface area (TPSA) is 54.4 Å². The number of halogens is 2. The molecule has 0 heterocycles. The monoisotopic (exact) mass is 220 g/mol. The van der Waals surface area contributed by atoms with Gasteiger partial charge in [0.2, 0.25) is 0 Å². The quantitative estimate of drug-likeness (QED) is 0.773. The summed E-state index contributed by atoms with van der Waals surface area (Å²) in [5.41, 5.74) is -0.121. The highest BCUT2D eigenvalue weighted by atomic mass is 32.2. The number of hydrogen-bond donors (Lipinski definition) is 1. The molecule has 0 saturated heterocycles. The van der Waals surface area contributed by atoms with Gasteiger partial charge in [0, 0.05) is 11.6 Å². The molecule has 0 fully saturated rings. The molecule has 1 rings (SSSR count). The molecule has 0 aliphatic heterocycles. The van der Waals surface area contributed by atoms with E-state index in [0.29, 0.717) is 11.5 Å². The lowest BCUT2D eigenvalue weighted by molar-refractivity contribution is 0.494. The Balaban J connectivity index is 3.05. The third kappa shape index (κ3) is 3.23. The first kappa shape index (κ1) is 10.8. The highest BCUT2D eigenvalue weighted by Crippen LogP contribution is 2.11. The standard InChI is InChI=1S/C8H6F2O3S/c9-7-2-1-6(8(10)5-7)3-4-14(11,12)13/h1-5H,(H,11,12,13)/b4-3+. The zero-order valence-electron chi connectivity index (χ0n) is 6.81. The van der Waals surface area contributed by atoms with Crippen LogP contribution in [0.15, 0.2) is 23.6 Å². The van der Waals surface area contributed by atoms with Crippen LogP contribution >= 0.6 is 0 Å². The van der Waals surface area contributed by atoms with Crippen molar-refractivity contribution in [2.24, 2.45) is 0 Å². The van der Waals surface area contributed by atoms with E-state index in [9.17, 15) is 17.2 Å². The van der Waals surface area contributed by atoms with Crippen molar-refractivity contribution in [2.75, 3.05) is 0 Å². The van der Waals surface area contributed by atoms with Gasteiger partial charge in [-0.1, -0.05) is 0 Å². The van der Waals surface area contributed by atoms with Gasteiger partial charge in [-0.15, -0.1) is 0 Å². The van der Waals surface area contributed by atoms with Crippen LogP contribution in [0.5, 0.6) is 0 Å². The summed E-state index contributed by atoms with van der Waals surface area (Å²) in [6, 6.07) is 2.66. The van der Waals surface area contributed by atoms with Gasteiger partial charge in [-0.05, 0) is 18.2 Å².